The highest BCUT2D eigenvalue weighted by Gasteiger charge is 2.26. The third-order valence-electron chi connectivity index (χ3n) is 2.07. The number of aromatic nitrogens is 1. The van der Waals surface area contributed by atoms with E-state index < -0.39 is 7.75 Å². The van der Waals surface area contributed by atoms with Gasteiger partial charge in [0.1, 0.15) is 5.82 Å². The Labute approximate surface area is 115 Å². The normalized spacial score (nSPS) is 12.1. The van der Waals surface area contributed by atoms with Crippen LogP contribution in [0.2, 0.25) is 0 Å². The van der Waals surface area contributed by atoms with E-state index in [0.29, 0.717) is 19.0 Å². The molecule has 0 saturated heterocycles. The molecule has 0 bridgehead atoms. The molecule has 0 saturated carbocycles. The summed E-state index contributed by atoms with van der Waals surface area (Å²) in [6.45, 7) is 8.71. The Morgan fingerprint density at radius 2 is 1.74 bits per heavy atom. The van der Waals surface area contributed by atoms with Crippen LogP contribution in [0.4, 0.5) is 5.82 Å². The summed E-state index contributed by atoms with van der Waals surface area (Å²) in [5.41, 5.74) is 0. The summed E-state index contributed by atoms with van der Waals surface area (Å²) in [6, 6.07) is 5.33. The van der Waals surface area contributed by atoms with Gasteiger partial charge in [-0.2, -0.15) is 0 Å². The molecule has 0 aliphatic carbocycles. The molecule has 0 spiro atoms. The fraction of sp³-hybridized carbons (Fsp3) is 0.615. The molecule has 0 aliphatic rings. The Kier molecular flexibility index (Phi) is 6.49. The second-order valence-corrected chi connectivity index (χ2v) is 6.94. The average Bonchev–Trinajstić information content (AvgIpc) is 2.36. The van der Waals surface area contributed by atoms with Crippen molar-refractivity contribution in [2.24, 2.45) is 11.8 Å². The number of pyridine rings is 1. The number of anilines is 1. The monoisotopic (exact) mass is 286 g/mol. The predicted octanol–water partition coefficient (Wildman–Crippen LogP) is 3.95. The number of hydrogen-bond donors (Lipinski definition) is 1. The molecule has 19 heavy (non-hydrogen) atoms. The molecule has 0 radical (unpaired) electrons. The van der Waals surface area contributed by atoms with Gasteiger partial charge in [-0.05, 0) is 24.0 Å². The van der Waals surface area contributed by atoms with Crippen molar-refractivity contribution in [3.63, 3.8) is 0 Å². The summed E-state index contributed by atoms with van der Waals surface area (Å²) in [4.78, 5) is 4.07. The largest absolute Gasteiger partial charge is 0.433 e. The van der Waals surface area contributed by atoms with Crippen molar-refractivity contribution >= 4 is 13.6 Å². The van der Waals surface area contributed by atoms with E-state index in [1.54, 1.807) is 18.3 Å². The zero-order valence-electron chi connectivity index (χ0n) is 12.0. The summed E-state index contributed by atoms with van der Waals surface area (Å²) in [6.07, 6.45) is 1.62. The topological polar surface area (TPSA) is 60.5 Å². The first-order valence-corrected chi connectivity index (χ1v) is 8.04. The molecular weight excluding hydrogens is 263 g/mol. The molecule has 1 aromatic rings. The molecule has 0 fully saturated rings. The van der Waals surface area contributed by atoms with Gasteiger partial charge >= 0.3 is 7.75 Å². The van der Waals surface area contributed by atoms with Crippen LogP contribution in [0.3, 0.4) is 0 Å². The molecule has 1 N–H and O–H groups in total. The predicted molar refractivity (Wildman–Crippen MR) is 77.0 cm³/mol. The maximum Gasteiger partial charge on any atom is 0.433 e. The van der Waals surface area contributed by atoms with Crippen LogP contribution in [0.1, 0.15) is 27.7 Å². The van der Waals surface area contributed by atoms with Gasteiger partial charge in [0.2, 0.25) is 0 Å². The Hall–Kier alpha value is -0.900. The van der Waals surface area contributed by atoms with E-state index in [1.807, 2.05) is 33.8 Å². The van der Waals surface area contributed by atoms with Crippen LogP contribution < -0.4 is 5.09 Å². The molecule has 0 aliphatic heterocycles. The first-order valence-electron chi connectivity index (χ1n) is 6.50. The maximum absolute atomic E-state index is 12.6. The minimum atomic E-state index is -3.36. The van der Waals surface area contributed by atoms with Crippen molar-refractivity contribution < 1.29 is 13.6 Å². The van der Waals surface area contributed by atoms with Crippen molar-refractivity contribution in [1.29, 1.82) is 0 Å². The minimum absolute atomic E-state index is 0.279. The van der Waals surface area contributed by atoms with E-state index >= 15 is 0 Å². The lowest BCUT2D eigenvalue weighted by atomic mass is 10.2. The Morgan fingerprint density at radius 3 is 2.16 bits per heavy atom. The lowest BCUT2D eigenvalue weighted by Crippen LogP contribution is -2.12. The van der Waals surface area contributed by atoms with Crippen LogP contribution in [-0.2, 0) is 13.6 Å². The van der Waals surface area contributed by atoms with Crippen molar-refractivity contribution in [3.8, 4) is 0 Å². The minimum Gasteiger partial charge on any atom is -0.292 e. The van der Waals surface area contributed by atoms with E-state index in [2.05, 4.69) is 10.1 Å². The van der Waals surface area contributed by atoms with Gasteiger partial charge in [0.05, 0.1) is 13.2 Å². The van der Waals surface area contributed by atoms with Gasteiger partial charge in [0.25, 0.3) is 0 Å². The summed E-state index contributed by atoms with van der Waals surface area (Å²) in [5.74, 6) is 1.04. The number of rotatable bonds is 8. The molecule has 108 valence electrons. The van der Waals surface area contributed by atoms with Gasteiger partial charge in [-0.25, -0.2) is 9.55 Å². The van der Waals surface area contributed by atoms with E-state index in [-0.39, 0.29) is 11.8 Å². The second-order valence-electron chi connectivity index (χ2n) is 5.20. The van der Waals surface area contributed by atoms with E-state index in [9.17, 15) is 4.57 Å². The Morgan fingerprint density at radius 1 is 1.16 bits per heavy atom. The van der Waals surface area contributed by atoms with Crippen LogP contribution in [0.5, 0.6) is 0 Å². The third kappa shape index (κ3) is 6.71. The first kappa shape index (κ1) is 16.2. The van der Waals surface area contributed by atoms with E-state index in [1.165, 1.54) is 0 Å². The molecule has 6 heteroatoms. The Balaban J connectivity index is 2.70. The molecule has 5 nitrogen and oxygen atoms in total. The zero-order chi connectivity index (χ0) is 14.3. The SMILES string of the molecule is CC(C)COP(=O)(Nc1ccccn1)OCC(C)C. The third-order valence-corrected chi connectivity index (χ3v) is 3.55. The second kappa shape index (κ2) is 7.63. The standard InChI is InChI=1S/C13H23N2O3P/c1-11(2)9-17-19(16,18-10-12(3)4)15-13-7-5-6-8-14-13/h5-8,11-12H,9-10H2,1-4H3,(H,14,15,16). The van der Waals surface area contributed by atoms with E-state index in [4.69, 9.17) is 9.05 Å². The van der Waals surface area contributed by atoms with Crippen molar-refractivity contribution in [2.45, 2.75) is 27.7 Å². The average molecular weight is 286 g/mol. The highest BCUT2D eigenvalue weighted by molar-refractivity contribution is 7.55. The van der Waals surface area contributed by atoms with Crippen LogP contribution in [-0.4, -0.2) is 18.2 Å². The molecule has 1 aromatic heterocycles. The van der Waals surface area contributed by atoms with Gasteiger partial charge in [0, 0.05) is 6.20 Å². The quantitative estimate of drug-likeness (QED) is 0.733. The van der Waals surface area contributed by atoms with E-state index in [0.717, 1.165) is 0 Å². The van der Waals surface area contributed by atoms with Gasteiger partial charge in [0.15, 0.2) is 0 Å². The molecule has 0 amide bonds. The number of nitrogens with one attached hydrogen (secondary N) is 1. The molecule has 0 unspecified atom stereocenters. The van der Waals surface area contributed by atoms with Gasteiger partial charge in [-0.1, -0.05) is 33.8 Å². The van der Waals surface area contributed by atoms with Crippen LogP contribution in [0.25, 0.3) is 0 Å². The summed E-state index contributed by atoms with van der Waals surface area (Å²) >= 11 is 0. The lowest BCUT2D eigenvalue weighted by Gasteiger charge is -2.21. The van der Waals surface area contributed by atoms with Gasteiger partial charge in [-0.15, -0.1) is 0 Å². The van der Waals surface area contributed by atoms with Crippen molar-refractivity contribution in [2.75, 3.05) is 18.3 Å². The lowest BCUT2D eigenvalue weighted by molar-refractivity contribution is 0.177. The zero-order valence-corrected chi connectivity index (χ0v) is 12.9. The van der Waals surface area contributed by atoms with Crippen molar-refractivity contribution in [3.05, 3.63) is 24.4 Å². The van der Waals surface area contributed by atoms with Crippen LogP contribution >= 0.6 is 7.75 Å². The summed E-state index contributed by atoms with van der Waals surface area (Å²) < 4.78 is 23.5. The maximum atomic E-state index is 12.6. The Bertz CT molecular complexity index is 394. The molecular formula is C13H23N2O3P. The van der Waals surface area contributed by atoms with Crippen molar-refractivity contribution in [1.82, 2.24) is 4.98 Å². The number of hydrogen-bond acceptors (Lipinski definition) is 4. The smallest absolute Gasteiger partial charge is 0.292 e. The fourth-order valence-electron chi connectivity index (χ4n) is 1.17. The molecule has 0 aromatic carbocycles. The van der Waals surface area contributed by atoms with Crippen LogP contribution in [0.15, 0.2) is 24.4 Å². The van der Waals surface area contributed by atoms with Gasteiger partial charge in [-0.3, -0.25) is 14.1 Å². The molecule has 1 rings (SSSR count). The van der Waals surface area contributed by atoms with Gasteiger partial charge < -0.3 is 0 Å². The summed E-state index contributed by atoms with van der Waals surface area (Å²) in [7, 11) is -3.36. The van der Waals surface area contributed by atoms with Crippen LogP contribution in [0, 0.1) is 11.8 Å². The molecule has 0 atom stereocenters. The fourth-order valence-corrected chi connectivity index (χ4v) is 2.77. The number of nitrogens with zero attached hydrogens (tertiary/aromatic N) is 1. The highest BCUT2D eigenvalue weighted by atomic mass is 31.2. The first-order chi connectivity index (χ1) is 8.91. The summed E-state index contributed by atoms with van der Waals surface area (Å²) in [5, 5.41) is 2.77. The highest BCUT2D eigenvalue weighted by Crippen LogP contribution is 2.48. The molecule has 1 heterocycles.